The average molecular weight is 239 g/mol. The topological polar surface area (TPSA) is 46.2 Å². The standard InChI is InChI=1S/C15H29NO/c1-4-12-6-5-8-15(17,9-7-12)14(16)10-13(2,3)11-14/h12,17H,4-11,16H2,1-3H3. The number of nitrogens with two attached hydrogens (primary N) is 1. The quantitative estimate of drug-likeness (QED) is 0.727. The van der Waals surface area contributed by atoms with Gasteiger partial charge in [-0.3, -0.25) is 0 Å². The SMILES string of the molecule is CCC1CCCC(O)(C2(N)CC(C)(C)C2)CC1. The smallest absolute Gasteiger partial charge is 0.0826 e. The van der Waals surface area contributed by atoms with Gasteiger partial charge in [-0.05, 0) is 43.4 Å². The number of hydrogen-bond donors (Lipinski definition) is 2. The van der Waals surface area contributed by atoms with Gasteiger partial charge in [0.1, 0.15) is 0 Å². The van der Waals surface area contributed by atoms with Gasteiger partial charge in [-0.1, -0.05) is 40.0 Å². The van der Waals surface area contributed by atoms with E-state index in [0.29, 0.717) is 5.41 Å². The van der Waals surface area contributed by atoms with Crippen LogP contribution in [0.15, 0.2) is 0 Å². The summed E-state index contributed by atoms with van der Waals surface area (Å²) in [5, 5.41) is 11.0. The van der Waals surface area contributed by atoms with E-state index in [2.05, 4.69) is 20.8 Å². The molecule has 0 aliphatic heterocycles. The van der Waals surface area contributed by atoms with Gasteiger partial charge in [0, 0.05) is 5.54 Å². The zero-order valence-corrected chi connectivity index (χ0v) is 11.8. The van der Waals surface area contributed by atoms with Crippen molar-refractivity contribution in [2.75, 3.05) is 0 Å². The minimum atomic E-state index is -0.591. The molecule has 0 aromatic carbocycles. The van der Waals surface area contributed by atoms with Crippen molar-refractivity contribution in [2.24, 2.45) is 17.1 Å². The molecule has 0 amide bonds. The molecule has 100 valence electrons. The van der Waals surface area contributed by atoms with E-state index in [4.69, 9.17) is 5.73 Å². The van der Waals surface area contributed by atoms with E-state index in [1.54, 1.807) is 0 Å². The van der Waals surface area contributed by atoms with Crippen molar-refractivity contribution in [2.45, 2.75) is 83.3 Å². The molecule has 0 heterocycles. The second-order valence-corrected chi connectivity index (χ2v) is 7.41. The number of rotatable bonds is 2. The first kappa shape index (κ1) is 13.4. The van der Waals surface area contributed by atoms with Crippen molar-refractivity contribution in [3.63, 3.8) is 0 Å². The van der Waals surface area contributed by atoms with Gasteiger partial charge < -0.3 is 10.8 Å². The van der Waals surface area contributed by atoms with E-state index in [0.717, 1.165) is 44.4 Å². The van der Waals surface area contributed by atoms with Crippen LogP contribution in [0, 0.1) is 11.3 Å². The van der Waals surface area contributed by atoms with E-state index in [-0.39, 0.29) is 5.54 Å². The van der Waals surface area contributed by atoms with Crippen LogP contribution >= 0.6 is 0 Å². The zero-order chi connectivity index (χ0) is 12.7. The fourth-order valence-electron chi connectivity index (χ4n) is 4.29. The van der Waals surface area contributed by atoms with Crippen molar-refractivity contribution >= 4 is 0 Å². The Balaban J connectivity index is 2.04. The van der Waals surface area contributed by atoms with Crippen LogP contribution in [0.3, 0.4) is 0 Å². The molecule has 17 heavy (non-hydrogen) atoms. The Bertz CT molecular complexity index is 279. The first-order valence-corrected chi connectivity index (χ1v) is 7.32. The highest BCUT2D eigenvalue weighted by Gasteiger charge is 2.58. The van der Waals surface area contributed by atoms with Crippen LogP contribution in [-0.2, 0) is 0 Å². The molecule has 0 aromatic heterocycles. The lowest BCUT2D eigenvalue weighted by Gasteiger charge is -2.59. The maximum atomic E-state index is 11.0. The van der Waals surface area contributed by atoms with E-state index in [9.17, 15) is 5.11 Å². The van der Waals surface area contributed by atoms with Crippen molar-refractivity contribution in [3.05, 3.63) is 0 Å². The molecule has 2 unspecified atom stereocenters. The first-order valence-electron chi connectivity index (χ1n) is 7.32. The molecule has 2 atom stereocenters. The molecule has 2 heteroatoms. The van der Waals surface area contributed by atoms with Crippen LogP contribution in [0.1, 0.15) is 72.1 Å². The molecule has 0 aromatic rings. The first-order chi connectivity index (χ1) is 7.80. The van der Waals surface area contributed by atoms with Gasteiger partial charge in [0.05, 0.1) is 5.60 Å². The summed E-state index contributed by atoms with van der Waals surface area (Å²) >= 11 is 0. The van der Waals surface area contributed by atoms with Crippen LogP contribution < -0.4 is 5.73 Å². The third-order valence-electron chi connectivity index (χ3n) is 5.26. The van der Waals surface area contributed by atoms with E-state index < -0.39 is 5.60 Å². The Morgan fingerprint density at radius 2 is 1.82 bits per heavy atom. The summed E-state index contributed by atoms with van der Waals surface area (Å²) < 4.78 is 0. The van der Waals surface area contributed by atoms with Crippen LogP contribution in [0.25, 0.3) is 0 Å². The number of aliphatic hydroxyl groups is 1. The molecule has 0 radical (unpaired) electrons. The van der Waals surface area contributed by atoms with E-state index in [1.165, 1.54) is 12.8 Å². The lowest BCUT2D eigenvalue weighted by molar-refractivity contribution is -0.124. The summed E-state index contributed by atoms with van der Waals surface area (Å²) in [6.45, 7) is 6.78. The second-order valence-electron chi connectivity index (χ2n) is 7.41. The van der Waals surface area contributed by atoms with Crippen LogP contribution in [0.4, 0.5) is 0 Å². The van der Waals surface area contributed by atoms with Crippen molar-refractivity contribution in [3.8, 4) is 0 Å². The van der Waals surface area contributed by atoms with Gasteiger partial charge in [-0.25, -0.2) is 0 Å². The highest BCUT2D eigenvalue weighted by Crippen LogP contribution is 2.54. The second kappa shape index (κ2) is 4.24. The average Bonchev–Trinajstić information content (AvgIpc) is 2.38. The molecular weight excluding hydrogens is 210 g/mol. The molecule has 0 bridgehead atoms. The Hall–Kier alpha value is -0.0800. The maximum absolute atomic E-state index is 11.0. The van der Waals surface area contributed by atoms with Gasteiger partial charge in [0.25, 0.3) is 0 Å². The minimum Gasteiger partial charge on any atom is -0.388 e. The van der Waals surface area contributed by atoms with Gasteiger partial charge in [0.2, 0.25) is 0 Å². The van der Waals surface area contributed by atoms with E-state index >= 15 is 0 Å². The summed E-state index contributed by atoms with van der Waals surface area (Å²) in [5.41, 5.74) is 5.93. The molecular formula is C15H29NO. The van der Waals surface area contributed by atoms with Crippen LogP contribution in [0.2, 0.25) is 0 Å². The van der Waals surface area contributed by atoms with Crippen molar-refractivity contribution in [1.29, 1.82) is 0 Å². The summed E-state index contributed by atoms with van der Waals surface area (Å²) in [6, 6.07) is 0. The molecule has 2 aliphatic rings. The molecule has 2 saturated carbocycles. The summed E-state index contributed by atoms with van der Waals surface area (Å²) in [6.07, 6.45) is 8.62. The van der Waals surface area contributed by atoms with Gasteiger partial charge in [0.15, 0.2) is 0 Å². The lowest BCUT2D eigenvalue weighted by atomic mass is 9.52. The predicted molar refractivity (Wildman–Crippen MR) is 71.7 cm³/mol. The van der Waals surface area contributed by atoms with Crippen molar-refractivity contribution < 1.29 is 5.11 Å². The molecule has 2 fully saturated rings. The maximum Gasteiger partial charge on any atom is 0.0826 e. The largest absolute Gasteiger partial charge is 0.388 e. The minimum absolute atomic E-state index is 0.306. The lowest BCUT2D eigenvalue weighted by Crippen LogP contribution is -2.69. The highest BCUT2D eigenvalue weighted by atomic mass is 16.3. The third-order valence-corrected chi connectivity index (χ3v) is 5.26. The summed E-state index contributed by atoms with van der Waals surface area (Å²) in [7, 11) is 0. The molecule has 2 aliphatic carbocycles. The summed E-state index contributed by atoms with van der Waals surface area (Å²) in [4.78, 5) is 0. The Kier molecular flexibility index (Phi) is 3.33. The van der Waals surface area contributed by atoms with Crippen molar-refractivity contribution in [1.82, 2.24) is 0 Å². The Morgan fingerprint density at radius 3 is 2.35 bits per heavy atom. The molecule has 0 saturated heterocycles. The monoisotopic (exact) mass is 239 g/mol. The predicted octanol–water partition coefficient (Wildman–Crippen LogP) is 3.23. The van der Waals surface area contributed by atoms with Crippen LogP contribution in [-0.4, -0.2) is 16.2 Å². The fraction of sp³-hybridized carbons (Fsp3) is 1.00. The molecule has 2 nitrogen and oxygen atoms in total. The Labute approximate surface area is 106 Å². The normalized spacial score (nSPS) is 40.4. The molecule has 0 spiro atoms. The molecule has 2 rings (SSSR count). The van der Waals surface area contributed by atoms with Gasteiger partial charge in [-0.15, -0.1) is 0 Å². The van der Waals surface area contributed by atoms with Gasteiger partial charge in [-0.2, -0.15) is 0 Å². The number of hydrogen-bond acceptors (Lipinski definition) is 2. The molecule has 3 N–H and O–H groups in total. The summed E-state index contributed by atoms with van der Waals surface area (Å²) in [5.74, 6) is 0.806. The zero-order valence-electron chi connectivity index (χ0n) is 11.8. The van der Waals surface area contributed by atoms with E-state index in [1.807, 2.05) is 0 Å². The van der Waals surface area contributed by atoms with Crippen LogP contribution in [0.5, 0.6) is 0 Å². The third kappa shape index (κ3) is 2.39. The highest BCUT2D eigenvalue weighted by molar-refractivity contribution is 5.14. The Morgan fingerprint density at radius 1 is 1.18 bits per heavy atom. The fourth-order valence-corrected chi connectivity index (χ4v) is 4.29. The van der Waals surface area contributed by atoms with Gasteiger partial charge >= 0.3 is 0 Å².